The van der Waals surface area contributed by atoms with Crippen molar-refractivity contribution in [2.75, 3.05) is 9.80 Å². The van der Waals surface area contributed by atoms with Gasteiger partial charge in [-0.3, -0.25) is 0 Å². The molecule has 2 aliphatic carbocycles. The van der Waals surface area contributed by atoms with E-state index in [2.05, 4.69) is 287 Å². The molecule has 2 aliphatic rings. The van der Waals surface area contributed by atoms with Crippen molar-refractivity contribution < 1.29 is 0 Å². The lowest BCUT2D eigenvalue weighted by Gasteiger charge is -2.33. The second-order valence-electron chi connectivity index (χ2n) is 18.4. The molecular formula is C67H45N3. The van der Waals surface area contributed by atoms with Crippen LogP contribution in [0.15, 0.2) is 273 Å². The minimum atomic E-state index is -0.593. The Morgan fingerprint density at radius 2 is 0.800 bits per heavy atom. The van der Waals surface area contributed by atoms with E-state index in [4.69, 9.17) is 0 Å². The average molecular weight is 892 g/mol. The number of aromatic nitrogens is 1. The summed E-state index contributed by atoms with van der Waals surface area (Å²) < 4.78 is 2.41. The van der Waals surface area contributed by atoms with Crippen molar-refractivity contribution in [2.24, 2.45) is 0 Å². The molecule has 0 bridgehead atoms. The van der Waals surface area contributed by atoms with Gasteiger partial charge in [0.2, 0.25) is 0 Å². The molecule has 0 aliphatic heterocycles. The van der Waals surface area contributed by atoms with Crippen molar-refractivity contribution >= 4 is 55.9 Å². The number of fused-ring (bicyclic) bond motifs is 13. The van der Waals surface area contributed by atoms with Crippen molar-refractivity contribution in [1.29, 1.82) is 0 Å². The molecule has 328 valence electrons. The predicted molar refractivity (Wildman–Crippen MR) is 292 cm³/mol. The van der Waals surface area contributed by atoms with Gasteiger partial charge in [-0.25, -0.2) is 0 Å². The van der Waals surface area contributed by atoms with Crippen molar-refractivity contribution in [2.45, 2.75) is 5.41 Å². The van der Waals surface area contributed by atoms with E-state index in [0.29, 0.717) is 0 Å². The Kier molecular flexibility index (Phi) is 9.11. The van der Waals surface area contributed by atoms with Gasteiger partial charge < -0.3 is 14.4 Å². The Morgan fingerprint density at radius 1 is 0.286 bits per heavy atom. The van der Waals surface area contributed by atoms with Crippen molar-refractivity contribution in [3.63, 3.8) is 0 Å². The highest BCUT2D eigenvalue weighted by molar-refractivity contribution is 6.10. The van der Waals surface area contributed by atoms with Gasteiger partial charge in [0.15, 0.2) is 0 Å². The van der Waals surface area contributed by atoms with Crippen LogP contribution in [0.3, 0.4) is 0 Å². The molecule has 3 nitrogen and oxygen atoms in total. The maximum absolute atomic E-state index is 2.50. The minimum absolute atomic E-state index is 0.593. The first-order valence-electron chi connectivity index (χ1n) is 24.2. The Hall–Kier alpha value is -9.18. The normalized spacial score (nSPS) is 14.1. The molecule has 14 rings (SSSR count). The van der Waals surface area contributed by atoms with E-state index >= 15 is 0 Å². The molecule has 0 saturated heterocycles. The highest BCUT2D eigenvalue weighted by Crippen LogP contribution is 2.65. The van der Waals surface area contributed by atoms with Crippen LogP contribution in [-0.2, 0) is 5.41 Å². The van der Waals surface area contributed by atoms with Crippen LogP contribution < -0.4 is 9.80 Å². The van der Waals surface area contributed by atoms with Crippen LogP contribution in [0.1, 0.15) is 22.3 Å². The Labute approximate surface area is 408 Å². The van der Waals surface area contributed by atoms with Gasteiger partial charge in [0.25, 0.3) is 0 Å². The Balaban J connectivity index is 1.01. The zero-order valence-corrected chi connectivity index (χ0v) is 38.3. The SMILES string of the molecule is c1ccc(-c2cccc(N(c3ccccc3)c3cccc4c3-c3ccccc3C43c4ccccc4-c4ccc(N(c5ccccc5)c5ccc6c7ccccc7n(-c7ccccc7)c6c5)cc43)c2)cc1. The van der Waals surface area contributed by atoms with Crippen molar-refractivity contribution in [1.82, 2.24) is 4.57 Å². The average Bonchev–Trinajstić information content (AvgIpc) is 4.04. The van der Waals surface area contributed by atoms with E-state index in [1.54, 1.807) is 0 Å². The van der Waals surface area contributed by atoms with E-state index < -0.39 is 5.41 Å². The number of hydrogen-bond acceptors (Lipinski definition) is 2. The standard InChI is InChI=1S/C67H45N3/c1-5-21-46(22-6-1)47-23-19-30-51(43-47)69(49-26-9-3-10-27-49)64-38-20-36-61-66(64)58-33-14-17-35-60(58)67(61)59-34-16-13-31-54(59)55-41-39-52(44-62(55)67)68(48-24-7-2-8-25-48)53-40-42-57-56-32-15-18-37-63(56)70(65(57)45-53)50-28-11-4-12-29-50/h1-45H. The third-order valence-electron chi connectivity index (χ3n) is 14.7. The molecule has 0 saturated carbocycles. The maximum atomic E-state index is 2.50. The van der Waals surface area contributed by atoms with Crippen LogP contribution in [0.5, 0.6) is 0 Å². The molecular weight excluding hydrogens is 847 g/mol. The molecule has 3 heteroatoms. The number of para-hydroxylation sites is 4. The summed E-state index contributed by atoms with van der Waals surface area (Å²) in [5.41, 5.74) is 22.1. The quantitative estimate of drug-likeness (QED) is 0.151. The molecule has 12 aromatic rings. The fourth-order valence-corrected chi connectivity index (χ4v) is 11.9. The first-order valence-corrected chi connectivity index (χ1v) is 24.2. The van der Waals surface area contributed by atoms with Gasteiger partial charge in [0.1, 0.15) is 0 Å². The molecule has 1 spiro atoms. The largest absolute Gasteiger partial charge is 0.310 e. The molecule has 1 heterocycles. The monoisotopic (exact) mass is 891 g/mol. The molecule has 0 amide bonds. The van der Waals surface area contributed by atoms with E-state index in [1.807, 2.05) is 0 Å². The zero-order valence-electron chi connectivity index (χ0n) is 38.3. The van der Waals surface area contributed by atoms with Gasteiger partial charge in [-0.2, -0.15) is 0 Å². The van der Waals surface area contributed by atoms with E-state index in [1.165, 1.54) is 77.4 Å². The number of benzene rings is 11. The summed E-state index contributed by atoms with van der Waals surface area (Å²) in [6, 6.07) is 100. The number of anilines is 6. The number of rotatable bonds is 8. The topological polar surface area (TPSA) is 11.4 Å². The molecule has 11 aromatic carbocycles. The molecule has 1 atom stereocenters. The smallest absolute Gasteiger partial charge is 0.0727 e. The summed E-state index contributed by atoms with van der Waals surface area (Å²) >= 11 is 0. The fourth-order valence-electron chi connectivity index (χ4n) is 11.9. The molecule has 0 fully saturated rings. The summed E-state index contributed by atoms with van der Waals surface area (Å²) in [6.45, 7) is 0. The van der Waals surface area contributed by atoms with E-state index in [9.17, 15) is 0 Å². The van der Waals surface area contributed by atoms with Crippen molar-refractivity contribution in [3.8, 4) is 39.1 Å². The molecule has 1 unspecified atom stereocenters. The summed E-state index contributed by atoms with van der Waals surface area (Å²) in [4.78, 5) is 4.90. The van der Waals surface area contributed by atoms with Gasteiger partial charge in [-0.15, -0.1) is 0 Å². The predicted octanol–water partition coefficient (Wildman–Crippen LogP) is 17.7. The van der Waals surface area contributed by atoms with Gasteiger partial charge in [-0.1, -0.05) is 188 Å². The first-order chi connectivity index (χ1) is 34.8. The van der Waals surface area contributed by atoms with Gasteiger partial charge in [-0.05, 0) is 135 Å². The highest BCUT2D eigenvalue weighted by Gasteiger charge is 2.52. The molecule has 1 aromatic heterocycles. The lowest BCUT2D eigenvalue weighted by molar-refractivity contribution is 0.793. The summed E-state index contributed by atoms with van der Waals surface area (Å²) in [6.07, 6.45) is 0. The molecule has 0 radical (unpaired) electrons. The lowest BCUT2D eigenvalue weighted by Crippen LogP contribution is -2.26. The number of nitrogens with zero attached hydrogens (tertiary/aromatic N) is 3. The summed E-state index contributed by atoms with van der Waals surface area (Å²) in [5.74, 6) is 0. The number of hydrogen-bond donors (Lipinski definition) is 0. The summed E-state index contributed by atoms with van der Waals surface area (Å²) in [7, 11) is 0. The van der Waals surface area contributed by atoms with Gasteiger partial charge >= 0.3 is 0 Å². The third kappa shape index (κ3) is 5.95. The van der Waals surface area contributed by atoms with Crippen molar-refractivity contribution in [3.05, 3.63) is 295 Å². The molecule has 70 heavy (non-hydrogen) atoms. The van der Waals surface area contributed by atoms with Crippen LogP contribution in [0.2, 0.25) is 0 Å². The highest BCUT2D eigenvalue weighted by atomic mass is 15.2. The van der Waals surface area contributed by atoms with Crippen LogP contribution in [0, 0.1) is 0 Å². The van der Waals surface area contributed by atoms with Crippen LogP contribution in [0.25, 0.3) is 60.9 Å². The van der Waals surface area contributed by atoms with Crippen LogP contribution in [-0.4, -0.2) is 4.57 Å². The lowest BCUT2D eigenvalue weighted by atomic mass is 9.70. The van der Waals surface area contributed by atoms with Gasteiger partial charge in [0, 0.05) is 50.5 Å². The summed E-state index contributed by atoms with van der Waals surface area (Å²) in [5, 5.41) is 2.47. The minimum Gasteiger partial charge on any atom is -0.310 e. The second-order valence-corrected chi connectivity index (χ2v) is 18.4. The van der Waals surface area contributed by atoms with Gasteiger partial charge in [0.05, 0.1) is 22.1 Å². The zero-order chi connectivity index (χ0) is 46.2. The van der Waals surface area contributed by atoms with E-state index in [-0.39, 0.29) is 0 Å². The first kappa shape index (κ1) is 39.9. The molecule has 0 N–H and O–H groups in total. The third-order valence-corrected chi connectivity index (χ3v) is 14.7. The Morgan fingerprint density at radius 3 is 1.57 bits per heavy atom. The van der Waals surface area contributed by atoms with E-state index in [0.717, 1.165) is 39.8 Å². The van der Waals surface area contributed by atoms with Crippen LogP contribution in [0.4, 0.5) is 34.1 Å². The Bertz CT molecular complexity index is 3950. The second kappa shape index (κ2) is 16.0. The van der Waals surface area contributed by atoms with Crippen LogP contribution >= 0.6 is 0 Å². The maximum Gasteiger partial charge on any atom is 0.0727 e. The fraction of sp³-hybridized carbons (Fsp3) is 0.0149.